The molecule has 1 unspecified atom stereocenters. The van der Waals surface area contributed by atoms with E-state index in [0.29, 0.717) is 4.88 Å². The number of nitrogens with one attached hydrogen (secondary N) is 2. The molecule has 7 heteroatoms. The fourth-order valence-electron chi connectivity index (χ4n) is 1.07. The molecule has 1 heterocycles. The van der Waals surface area contributed by atoms with E-state index < -0.39 is 17.9 Å². The highest BCUT2D eigenvalue weighted by Crippen LogP contribution is 2.07. The van der Waals surface area contributed by atoms with E-state index in [2.05, 4.69) is 10.6 Å². The number of rotatable bonds is 5. The van der Waals surface area contributed by atoms with E-state index in [-0.39, 0.29) is 12.5 Å². The first-order valence-electron chi connectivity index (χ1n) is 4.91. The molecule has 1 aromatic rings. The molecule has 0 saturated carbocycles. The van der Waals surface area contributed by atoms with Crippen LogP contribution < -0.4 is 16.4 Å². The molecule has 3 amide bonds. The Kier molecular flexibility index (Phi) is 4.65. The van der Waals surface area contributed by atoms with Gasteiger partial charge < -0.3 is 16.4 Å². The van der Waals surface area contributed by atoms with Crippen molar-refractivity contribution in [3.63, 3.8) is 0 Å². The summed E-state index contributed by atoms with van der Waals surface area (Å²) in [5.74, 6) is -1.40. The van der Waals surface area contributed by atoms with E-state index in [1.54, 1.807) is 17.5 Å². The Hall–Kier alpha value is -1.89. The number of carbonyl (C=O) groups is 3. The second kappa shape index (κ2) is 6.00. The van der Waals surface area contributed by atoms with Gasteiger partial charge in [-0.05, 0) is 18.4 Å². The van der Waals surface area contributed by atoms with E-state index in [0.717, 1.165) is 0 Å². The maximum atomic E-state index is 11.6. The normalized spacial score (nSPS) is 11.6. The quantitative estimate of drug-likeness (QED) is 0.659. The highest BCUT2D eigenvalue weighted by atomic mass is 32.1. The summed E-state index contributed by atoms with van der Waals surface area (Å²) < 4.78 is 0. The van der Waals surface area contributed by atoms with Crippen molar-refractivity contribution in [2.75, 3.05) is 6.54 Å². The van der Waals surface area contributed by atoms with Gasteiger partial charge in [-0.2, -0.15) is 0 Å². The predicted octanol–water partition coefficient (Wildman–Crippen LogP) is -0.532. The average Bonchev–Trinajstić information content (AvgIpc) is 2.78. The number of hydrogen-bond acceptors (Lipinski definition) is 4. The maximum Gasteiger partial charge on any atom is 0.261 e. The molecule has 0 aliphatic heterocycles. The van der Waals surface area contributed by atoms with Gasteiger partial charge in [0.05, 0.1) is 11.4 Å². The summed E-state index contributed by atoms with van der Waals surface area (Å²) >= 11 is 1.29. The second-order valence-corrected chi connectivity index (χ2v) is 4.30. The summed E-state index contributed by atoms with van der Waals surface area (Å²) in [6, 6.07) is 2.69. The molecule has 0 radical (unpaired) electrons. The van der Waals surface area contributed by atoms with Crippen LogP contribution in [0, 0.1) is 0 Å². The Morgan fingerprint density at radius 3 is 2.71 bits per heavy atom. The van der Waals surface area contributed by atoms with Gasteiger partial charge in [-0.3, -0.25) is 14.4 Å². The molecule has 0 fully saturated rings. The predicted molar refractivity (Wildman–Crippen MR) is 63.5 cm³/mol. The summed E-state index contributed by atoms with van der Waals surface area (Å²) in [6.45, 7) is 1.29. The van der Waals surface area contributed by atoms with Crippen LogP contribution >= 0.6 is 11.3 Å². The second-order valence-electron chi connectivity index (χ2n) is 3.36. The van der Waals surface area contributed by atoms with Crippen molar-refractivity contribution in [2.45, 2.75) is 13.0 Å². The summed E-state index contributed by atoms with van der Waals surface area (Å²) in [5.41, 5.74) is 4.88. The van der Waals surface area contributed by atoms with E-state index in [4.69, 9.17) is 5.73 Å². The number of carbonyl (C=O) groups excluding carboxylic acids is 3. The molecule has 92 valence electrons. The van der Waals surface area contributed by atoms with Crippen molar-refractivity contribution in [2.24, 2.45) is 5.73 Å². The lowest BCUT2D eigenvalue weighted by atomic mass is 10.3. The number of nitrogens with two attached hydrogens (primary N) is 1. The molecule has 6 nitrogen and oxygen atoms in total. The number of thiophene rings is 1. The van der Waals surface area contributed by atoms with Crippen molar-refractivity contribution in [3.05, 3.63) is 22.4 Å². The van der Waals surface area contributed by atoms with Crippen LogP contribution in [0.15, 0.2) is 17.5 Å². The molecule has 0 aliphatic carbocycles. The first kappa shape index (κ1) is 13.2. The fourth-order valence-corrected chi connectivity index (χ4v) is 1.70. The molecule has 1 atom stereocenters. The number of primary amides is 1. The van der Waals surface area contributed by atoms with Gasteiger partial charge in [0.15, 0.2) is 0 Å². The Balaban J connectivity index is 2.43. The van der Waals surface area contributed by atoms with Gasteiger partial charge >= 0.3 is 0 Å². The SMILES string of the molecule is CC(NC(=O)c1cccs1)C(=O)NCC(N)=O. The van der Waals surface area contributed by atoms with Crippen LogP contribution in [0.25, 0.3) is 0 Å². The first-order chi connectivity index (χ1) is 8.00. The summed E-state index contributed by atoms with van der Waals surface area (Å²) in [5, 5.41) is 6.59. The van der Waals surface area contributed by atoms with Crippen LogP contribution in [-0.4, -0.2) is 30.3 Å². The van der Waals surface area contributed by atoms with Crippen LogP contribution in [0.2, 0.25) is 0 Å². The lowest BCUT2D eigenvalue weighted by molar-refractivity contribution is -0.125. The lowest BCUT2D eigenvalue weighted by Crippen LogP contribution is -2.46. The number of hydrogen-bond donors (Lipinski definition) is 3. The van der Waals surface area contributed by atoms with Crippen LogP contribution in [-0.2, 0) is 9.59 Å². The summed E-state index contributed by atoms with van der Waals surface area (Å²) in [6.07, 6.45) is 0. The standard InChI is InChI=1S/C10H13N3O3S/c1-6(9(15)12-5-8(11)14)13-10(16)7-3-2-4-17-7/h2-4,6H,5H2,1H3,(H2,11,14)(H,12,15)(H,13,16). The molecule has 0 aliphatic rings. The minimum atomic E-state index is -0.719. The lowest BCUT2D eigenvalue weighted by Gasteiger charge is -2.12. The van der Waals surface area contributed by atoms with Crippen molar-refractivity contribution < 1.29 is 14.4 Å². The molecule has 0 saturated heterocycles. The van der Waals surface area contributed by atoms with Crippen LogP contribution in [0.3, 0.4) is 0 Å². The smallest absolute Gasteiger partial charge is 0.261 e. The Morgan fingerprint density at radius 1 is 1.47 bits per heavy atom. The first-order valence-corrected chi connectivity index (χ1v) is 5.79. The molecule has 0 bridgehead atoms. The van der Waals surface area contributed by atoms with Gasteiger partial charge in [0, 0.05) is 0 Å². The van der Waals surface area contributed by atoms with Crippen LogP contribution in [0.4, 0.5) is 0 Å². The van der Waals surface area contributed by atoms with Gasteiger partial charge in [-0.25, -0.2) is 0 Å². The van der Waals surface area contributed by atoms with Crippen LogP contribution in [0.1, 0.15) is 16.6 Å². The van der Waals surface area contributed by atoms with E-state index in [1.807, 2.05) is 0 Å². The highest BCUT2D eigenvalue weighted by Gasteiger charge is 2.16. The van der Waals surface area contributed by atoms with Crippen molar-refractivity contribution in [3.8, 4) is 0 Å². The molecule has 1 rings (SSSR count). The maximum absolute atomic E-state index is 11.6. The fraction of sp³-hybridized carbons (Fsp3) is 0.300. The third-order valence-corrected chi connectivity index (χ3v) is 2.79. The number of amides is 3. The highest BCUT2D eigenvalue weighted by molar-refractivity contribution is 7.12. The Bertz CT molecular complexity index is 416. The third kappa shape index (κ3) is 4.23. The topological polar surface area (TPSA) is 101 Å². The molecular weight excluding hydrogens is 242 g/mol. The molecule has 1 aromatic heterocycles. The minimum Gasteiger partial charge on any atom is -0.368 e. The van der Waals surface area contributed by atoms with Gasteiger partial charge in [0.1, 0.15) is 6.04 Å². The molecule has 0 aromatic carbocycles. The van der Waals surface area contributed by atoms with E-state index in [1.165, 1.54) is 18.3 Å². The Morgan fingerprint density at radius 2 is 2.18 bits per heavy atom. The van der Waals surface area contributed by atoms with E-state index >= 15 is 0 Å². The van der Waals surface area contributed by atoms with Gasteiger partial charge in [-0.15, -0.1) is 11.3 Å². The summed E-state index contributed by atoms with van der Waals surface area (Å²) in [4.78, 5) is 34.0. The largest absolute Gasteiger partial charge is 0.368 e. The van der Waals surface area contributed by atoms with E-state index in [9.17, 15) is 14.4 Å². The zero-order valence-corrected chi connectivity index (χ0v) is 10.0. The van der Waals surface area contributed by atoms with Crippen molar-refractivity contribution >= 4 is 29.1 Å². The molecular formula is C10H13N3O3S. The zero-order valence-electron chi connectivity index (χ0n) is 9.23. The van der Waals surface area contributed by atoms with Gasteiger partial charge in [-0.1, -0.05) is 6.07 Å². The van der Waals surface area contributed by atoms with Crippen LogP contribution in [0.5, 0.6) is 0 Å². The monoisotopic (exact) mass is 255 g/mol. The van der Waals surface area contributed by atoms with Crippen molar-refractivity contribution in [1.29, 1.82) is 0 Å². The summed E-state index contributed by atoms with van der Waals surface area (Å²) in [7, 11) is 0. The van der Waals surface area contributed by atoms with Gasteiger partial charge in [0.25, 0.3) is 5.91 Å². The minimum absolute atomic E-state index is 0.238. The van der Waals surface area contributed by atoms with Gasteiger partial charge in [0.2, 0.25) is 11.8 Å². The molecule has 17 heavy (non-hydrogen) atoms. The average molecular weight is 255 g/mol. The molecule has 0 spiro atoms. The third-order valence-electron chi connectivity index (χ3n) is 1.92. The molecule has 4 N–H and O–H groups in total. The zero-order chi connectivity index (χ0) is 12.8. The van der Waals surface area contributed by atoms with Crippen molar-refractivity contribution in [1.82, 2.24) is 10.6 Å². The Labute approximate surface area is 102 Å².